The van der Waals surface area contributed by atoms with E-state index >= 15 is 0 Å². The van der Waals surface area contributed by atoms with Crippen molar-refractivity contribution >= 4 is 17.0 Å². The molecular formula is C12H14N2O5. The molecule has 0 fully saturated rings. The molecule has 1 aromatic carbocycles. The highest BCUT2D eigenvalue weighted by atomic mass is 16.5. The maximum absolute atomic E-state index is 10.9. The zero-order valence-corrected chi connectivity index (χ0v) is 10.8. The van der Waals surface area contributed by atoms with Gasteiger partial charge in [0, 0.05) is 12.1 Å². The first kappa shape index (κ1) is 13.0. The number of benzene rings is 1. The molecule has 0 amide bonds. The first-order valence-electron chi connectivity index (χ1n) is 5.48. The highest BCUT2D eigenvalue weighted by Gasteiger charge is 2.17. The summed E-state index contributed by atoms with van der Waals surface area (Å²) in [7, 11) is 4.47. The summed E-state index contributed by atoms with van der Waals surface area (Å²) in [5.41, 5.74) is 1.19. The van der Waals surface area contributed by atoms with Gasteiger partial charge in [-0.25, -0.2) is 0 Å². The van der Waals surface area contributed by atoms with E-state index < -0.39 is 5.97 Å². The van der Waals surface area contributed by atoms with Gasteiger partial charge in [-0.1, -0.05) is 0 Å². The van der Waals surface area contributed by atoms with Crippen molar-refractivity contribution in [3.8, 4) is 17.5 Å². The third-order valence-corrected chi connectivity index (χ3v) is 2.69. The quantitative estimate of drug-likeness (QED) is 0.874. The number of imidazole rings is 1. The van der Waals surface area contributed by atoms with Crippen LogP contribution in [0.25, 0.3) is 11.0 Å². The Morgan fingerprint density at radius 1 is 1.21 bits per heavy atom. The smallest absolute Gasteiger partial charge is 0.323 e. The van der Waals surface area contributed by atoms with Crippen molar-refractivity contribution in [2.45, 2.75) is 6.54 Å². The van der Waals surface area contributed by atoms with Crippen molar-refractivity contribution in [2.75, 3.05) is 21.3 Å². The van der Waals surface area contributed by atoms with Gasteiger partial charge in [0.15, 0.2) is 11.5 Å². The van der Waals surface area contributed by atoms with E-state index in [9.17, 15) is 4.79 Å². The number of methoxy groups -OCH3 is 3. The van der Waals surface area contributed by atoms with Crippen LogP contribution in [0.3, 0.4) is 0 Å². The lowest BCUT2D eigenvalue weighted by Crippen LogP contribution is -2.10. The zero-order chi connectivity index (χ0) is 14.0. The monoisotopic (exact) mass is 266 g/mol. The fourth-order valence-electron chi connectivity index (χ4n) is 1.87. The fourth-order valence-corrected chi connectivity index (χ4v) is 1.87. The number of hydrogen-bond acceptors (Lipinski definition) is 5. The first-order valence-corrected chi connectivity index (χ1v) is 5.48. The summed E-state index contributed by atoms with van der Waals surface area (Å²) in [5, 5.41) is 8.93. The largest absolute Gasteiger partial charge is 0.493 e. The molecule has 0 aliphatic carbocycles. The number of aromatic nitrogens is 2. The van der Waals surface area contributed by atoms with Gasteiger partial charge in [0.1, 0.15) is 6.54 Å². The molecule has 19 heavy (non-hydrogen) atoms. The Balaban J connectivity index is 2.67. The van der Waals surface area contributed by atoms with Crippen LogP contribution < -0.4 is 14.2 Å². The zero-order valence-electron chi connectivity index (χ0n) is 10.8. The lowest BCUT2D eigenvalue weighted by molar-refractivity contribution is -0.137. The highest BCUT2D eigenvalue weighted by molar-refractivity contribution is 5.82. The van der Waals surface area contributed by atoms with Crippen LogP contribution in [0.4, 0.5) is 0 Å². The van der Waals surface area contributed by atoms with Crippen LogP contribution in [0.15, 0.2) is 12.1 Å². The molecule has 1 N–H and O–H groups in total. The average molecular weight is 266 g/mol. The van der Waals surface area contributed by atoms with E-state index in [1.54, 1.807) is 12.1 Å². The SMILES string of the molecule is COc1cc2nc(OC)n(CC(=O)O)c2cc1OC. The minimum atomic E-state index is -0.979. The van der Waals surface area contributed by atoms with Crippen LogP contribution in [0, 0.1) is 0 Å². The molecule has 0 radical (unpaired) electrons. The molecule has 1 aromatic heterocycles. The molecule has 0 spiro atoms. The lowest BCUT2D eigenvalue weighted by atomic mass is 10.2. The van der Waals surface area contributed by atoms with Crippen molar-refractivity contribution in [1.29, 1.82) is 0 Å². The molecular weight excluding hydrogens is 252 g/mol. The Bertz CT molecular complexity index is 620. The topological polar surface area (TPSA) is 82.8 Å². The average Bonchev–Trinajstić information content (AvgIpc) is 2.73. The van der Waals surface area contributed by atoms with Crippen LogP contribution >= 0.6 is 0 Å². The minimum absolute atomic E-state index is 0.229. The Labute approximate surface area is 109 Å². The molecule has 0 aliphatic rings. The van der Waals surface area contributed by atoms with Gasteiger partial charge in [-0.15, -0.1) is 0 Å². The molecule has 0 bridgehead atoms. The van der Waals surface area contributed by atoms with Crippen molar-refractivity contribution < 1.29 is 24.1 Å². The van der Waals surface area contributed by atoms with Crippen molar-refractivity contribution in [2.24, 2.45) is 0 Å². The molecule has 102 valence electrons. The van der Waals surface area contributed by atoms with E-state index in [0.717, 1.165) is 0 Å². The second-order valence-corrected chi connectivity index (χ2v) is 3.77. The minimum Gasteiger partial charge on any atom is -0.493 e. The van der Waals surface area contributed by atoms with Crippen LogP contribution in [-0.4, -0.2) is 42.0 Å². The van der Waals surface area contributed by atoms with E-state index in [1.165, 1.54) is 25.9 Å². The van der Waals surface area contributed by atoms with E-state index in [2.05, 4.69) is 4.98 Å². The molecule has 0 saturated carbocycles. The fraction of sp³-hybridized carbons (Fsp3) is 0.333. The summed E-state index contributed by atoms with van der Waals surface area (Å²) in [6, 6.07) is 3.58. The van der Waals surface area contributed by atoms with Crippen LogP contribution in [0.2, 0.25) is 0 Å². The van der Waals surface area contributed by atoms with Crippen LogP contribution in [0.1, 0.15) is 0 Å². The second-order valence-electron chi connectivity index (χ2n) is 3.77. The molecule has 0 atom stereocenters. The number of carbonyl (C=O) groups is 1. The number of fused-ring (bicyclic) bond motifs is 1. The van der Waals surface area contributed by atoms with Crippen molar-refractivity contribution in [1.82, 2.24) is 9.55 Å². The van der Waals surface area contributed by atoms with Crippen LogP contribution in [-0.2, 0) is 11.3 Å². The maximum Gasteiger partial charge on any atom is 0.323 e. The molecule has 0 unspecified atom stereocenters. The second kappa shape index (κ2) is 5.05. The van der Waals surface area contributed by atoms with Gasteiger partial charge >= 0.3 is 5.97 Å². The molecule has 7 nitrogen and oxygen atoms in total. The van der Waals surface area contributed by atoms with Gasteiger partial charge < -0.3 is 19.3 Å². The highest BCUT2D eigenvalue weighted by Crippen LogP contribution is 2.33. The van der Waals surface area contributed by atoms with Gasteiger partial charge in [0.25, 0.3) is 6.01 Å². The predicted octanol–water partition coefficient (Wildman–Crippen LogP) is 1.15. The van der Waals surface area contributed by atoms with Gasteiger partial charge in [0.2, 0.25) is 0 Å². The summed E-state index contributed by atoms with van der Waals surface area (Å²) in [6.07, 6.45) is 0. The molecule has 0 aliphatic heterocycles. The molecule has 1 heterocycles. The van der Waals surface area contributed by atoms with Crippen molar-refractivity contribution in [3.63, 3.8) is 0 Å². The predicted molar refractivity (Wildman–Crippen MR) is 67.0 cm³/mol. The van der Waals surface area contributed by atoms with E-state index in [-0.39, 0.29) is 12.6 Å². The first-order chi connectivity index (χ1) is 9.10. The number of carboxylic acids is 1. The summed E-state index contributed by atoms with van der Waals surface area (Å²) in [4.78, 5) is 15.1. The van der Waals surface area contributed by atoms with Gasteiger partial charge in [-0.2, -0.15) is 4.98 Å². The molecule has 0 saturated heterocycles. The Kier molecular flexibility index (Phi) is 3.46. The summed E-state index contributed by atoms with van der Waals surface area (Å²) < 4.78 is 16.9. The van der Waals surface area contributed by atoms with Gasteiger partial charge in [-0.3, -0.25) is 9.36 Å². The Morgan fingerprint density at radius 2 is 1.84 bits per heavy atom. The van der Waals surface area contributed by atoms with E-state index in [4.69, 9.17) is 19.3 Å². The van der Waals surface area contributed by atoms with Gasteiger partial charge in [0.05, 0.1) is 32.4 Å². The van der Waals surface area contributed by atoms with Crippen molar-refractivity contribution in [3.05, 3.63) is 12.1 Å². The third-order valence-electron chi connectivity index (χ3n) is 2.69. The van der Waals surface area contributed by atoms with Gasteiger partial charge in [-0.05, 0) is 0 Å². The number of rotatable bonds is 5. The third kappa shape index (κ3) is 2.26. The van der Waals surface area contributed by atoms with Crippen LogP contribution in [0.5, 0.6) is 17.5 Å². The molecule has 7 heteroatoms. The number of hydrogen-bond donors (Lipinski definition) is 1. The Hall–Kier alpha value is -2.44. The number of nitrogens with zero attached hydrogens (tertiary/aromatic N) is 2. The normalized spacial score (nSPS) is 10.5. The number of aliphatic carboxylic acids is 1. The standard InChI is InChI=1S/C12H14N2O5/c1-17-9-4-7-8(5-10(9)18-2)14(6-11(15)16)12(13-7)19-3/h4-5H,6H2,1-3H3,(H,15,16). The summed E-state index contributed by atoms with van der Waals surface area (Å²) >= 11 is 0. The van der Waals surface area contributed by atoms with E-state index in [1.807, 2.05) is 0 Å². The maximum atomic E-state index is 10.9. The summed E-state index contributed by atoms with van der Waals surface area (Å²) in [5.74, 6) is 0.0502. The molecule has 2 aromatic rings. The summed E-state index contributed by atoms with van der Waals surface area (Å²) in [6.45, 7) is -0.241. The Morgan fingerprint density at radius 3 is 2.37 bits per heavy atom. The molecule has 2 rings (SSSR count). The number of carboxylic acid groups (broad SMARTS) is 1. The van der Waals surface area contributed by atoms with E-state index in [0.29, 0.717) is 22.5 Å². The number of ether oxygens (including phenoxy) is 3. The lowest BCUT2D eigenvalue weighted by Gasteiger charge is -2.08.